The maximum Gasteiger partial charge on any atom is 0.265 e. The molecule has 2 heterocycles. The van der Waals surface area contributed by atoms with E-state index in [4.69, 9.17) is 4.74 Å². The highest BCUT2D eigenvalue weighted by Gasteiger charge is 2.20. The minimum Gasteiger partial charge on any atom is -0.371 e. The second-order valence-electron chi connectivity index (χ2n) is 4.80. The van der Waals surface area contributed by atoms with E-state index >= 15 is 0 Å². The largest absolute Gasteiger partial charge is 0.371 e. The van der Waals surface area contributed by atoms with Crippen LogP contribution >= 0.6 is 11.5 Å². The van der Waals surface area contributed by atoms with Crippen LogP contribution in [0.2, 0.25) is 0 Å². The lowest BCUT2D eigenvalue weighted by molar-refractivity contribution is 0.0285. The molecule has 0 fully saturated rings. The minimum absolute atomic E-state index is 0.0232. The lowest BCUT2D eigenvalue weighted by Crippen LogP contribution is -2.36. The number of nitrogens with zero attached hydrogens (tertiary/aromatic N) is 2. The van der Waals surface area contributed by atoms with E-state index in [1.807, 2.05) is 12.1 Å². The number of aromatic nitrogens is 2. The van der Waals surface area contributed by atoms with E-state index in [0.717, 1.165) is 18.0 Å². The summed E-state index contributed by atoms with van der Waals surface area (Å²) in [6.07, 6.45) is 0.853. The number of carbonyl (C=O) groups is 1. The molecule has 0 aliphatic carbocycles. The average molecular weight is 289 g/mol. The number of rotatable bonds is 3. The summed E-state index contributed by atoms with van der Waals surface area (Å²) in [7, 11) is 0. The fraction of sp³-hybridized carbons (Fsp3) is 0.357. The van der Waals surface area contributed by atoms with Gasteiger partial charge >= 0.3 is 0 Å². The van der Waals surface area contributed by atoms with E-state index in [0.29, 0.717) is 23.7 Å². The monoisotopic (exact) mass is 289 g/mol. The van der Waals surface area contributed by atoms with E-state index in [1.165, 1.54) is 11.1 Å². The van der Waals surface area contributed by atoms with Crippen molar-refractivity contribution in [2.75, 3.05) is 6.54 Å². The van der Waals surface area contributed by atoms with Crippen LogP contribution in [0.25, 0.3) is 0 Å². The van der Waals surface area contributed by atoms with Gasteiger partial charge in [-0.3, -0.25) is 4.79 Å². The molecule has 2 aromatic rings. The van der Waals surface area contributed by atoms with Gasteiger partial charge in [-0.2, -0.15) is 0 Å². The molecule has 1 aromatic carbocycles. The predicted molar refractivity (Wildman–Crippen MR) is 75.7 cm³/mol. The number of aryl methyl sites for hydroxylation is 1. The first-order chi connectivity index (χ1) is 9.74. The van der Waals surface area contributed by atoms with Crippen LogP contribution in [0.4, 0.5) is 0 Å². The van der Waals surface area contributed by atoms with Gasteiger partial charge in [-0.05, 0) is 29.6 Å². The Bertz CT molecular complexity index is 626. The van der Waals surface area contributed by atoms with Gasteiger partial charge in [-0.15, -0.1) is 5.10 Å². The minimum atomic E-state index is -0.125. The number of hydrogen-bond acceptors (Lipinski definition) is 5. The molecule has 0 radical (unpaired) electrons. The molecule has 1 aliphatic rings. The van der Waals surface area contributed by atoms with Gasteiger partial charge in [0.25, 0.3) is 5.91 Å². The normalized spacial score (nSPS) is 17.6. The van der Waals surface area contributed by atoms with Gasteiger partial charge < -0.3 is 10.1 Å². The Morgan fingerprint density at radius 2 is 2.25 bits per heavy atom. The van der Waals surface area contributed by atoms with Crippen LogP contribution in [0.5, 0.6) is 0 Å². The van der Waals surface area contributed by atoms with Crippen LogP contribution in [-0.2, 0) is 17.8 Å². The molecule has 5 nitrogen and oxygen atoms in total. The summed E-state index contributed by atoms with van der Waals surface area (Å²) in [6.45, 7) is 2.90. The van der Waals surface area contributed by atoms with Gasteiger partial charge in [0.15, 0.2) is 0 Å². The average Bonchev–Trinajstić information content (AvgIpc) is 2.91. The molecule has 104 valence electrons. The van der Waals surface area contributed by atoms with E-state index in [1.54, 1.807) is 6.92 Å². The molecule has 0 unspecified atom stereocenters. The highest BCUT2D eigenvalue weighted by molar-refractivity contribution is 7.07. The molecule has 1 amide bonds. The van der Waals surface area contributed by atoms with Crippen molar-refractivity contribution in [3.63, 3.8) is 0 Å². The fourth-order valence-corrected chi connectivity index (χ4v) is 2.84. The van der Waals surface area contributed by atoms with Crippen LogP contribution in [0.1, 0.15) is 26.5 Å². The van der Waals surface area contributed by atoms with E-state index in [-0.39, 0.29) is 12.0 Å². The molecular formula is C14H15N3O2S. The van der Waals surface area contributed by atoms with Crippen molar-refractivity contribution in [2.24, 2.45) is 0 Å². The summed E-state index contributed by atoms with van der Waals surface area (Å²) in [5, 5.41) is 6.73. The number of ether oxygens (including phenoxy) is 1. The van der Waals surface area contributed by atoms with Crippen LogP contribution in [0.3, 0.4) is 0 Å². The second kappa shape index (κ2) is 5.68. The number of amides is 1. The van der Waals surface area contributed by atoms with E-state index in [2.05, 4.69) is 27.0 Å². The Labute approximate surface area is 121 Å². The maximum absolute atomic E-state index is 12.0. The zero-order valence-corrected chi connectivity index (χ0v) is 11.9. The summed E-state index contributed by atoms with van der Waals surface area (Å²) in [6, 6.07) is 8.25. The first kappa shape index (κ1) is 13.2. The van der Waals surface area contributed by atoms with Gasteiger partial charge in [0.2, 0.25) is 0 Å². The first-order valence-electron chi connectivity index (χ1n) is 6.49. The molecule has 1 aliphatic heterocycles. The number of carbonyl (C=O) groups excluding carboxylic acids is 1. The van der Waals surface area contributed by atoms with Crippen molar-refractivity contribution in [2.45, 2.75) is 26.1 Å². The highest BCUT2D eigenvalue weighted by Crippen LogP contribution is 2.20. The fourth-order valence-electron chi connectivity index (χ4n) is 2.27. The molecule has 0 saturated carbocycles. The van der Waals surface area contributed by atoms with Crippen molar-refractivity contribution in [1.82, 2.24) is 14.9 Å². The number of fused-ring (bicyclic) bond motifs is 1. The summed E-state index contributed by atoms with van der Waals surface area (Å²) in [4.78, 5) is 12.5. The van der Waals surface area contributed by atoms with E-state index in [9.17, 15) is 4.79 Å². The Hall–Kier alpha value is -1.79. The molecule has 0 saturated heterocycles. The van der Waals surface area contributed by atoms with Gasteiger partial charge in [0, 0.05) is 13.0 Å². The van der Waals surface area contributed by atoms with Crippen LogP contribution in [0, 0.1) is 6.92 Å². The zero-order chi connectivity index (χ0) is 13.9. The number of hydrogen-bond donors (Lipinski definition) is 1. The Balaban J connectivity index is 1.58. The van der Waals surface area contributed by atoms with Crippen molar-refractivity contribution < 1.29 is 9.53 Å². The molecule has 20 heavy (non-hydrogen) atoms. The topological polar surface area (TPSA) is 64.1 Å². The molecular weight excluding hydrogens is 274 g/mol. The second-order valence-corrected chi connectivity index (χ2v) is 5.56. The molecule has 3 rings (SSSR count). The third kappa shape index (κ3) is 2.71. The number of nitrogens with one attached hydrogen (secondary N) is 1. The van der Waals surface area contributed by atoms with Gasteiger partial charge in [0.05, 0.1) is 18.4 Å². The number of benzene rings is 1. The molecule has 1 N–H and O–H groups in total. The van der Waals surface area contributed by atoms with Crippen LogP contribution in [-0.4, -0.2) is 28.1 Å². The summed E-state index contributed by atoms with van der Waals surface area (Å²) < 4.78 is 9.53. The van der Waals surface area contributed by atoms with E-state index < -0.39 is 0 Å². The Kier molecular flexibility index (Phi) is 3.75. The standard InChI is InChI=1S/C14H15N3O2S/c1-9-13(20-17-16-9)14(18)15-7-12-6-10-4-2-3-5-11(10)8-19-12/h2-5,12H,6-8H2,1H3,(H,15,18)/t12-/m1/s1. The first-order valence-corrected chi connectivity index (χ1v) is 7.27. The third-order valence-electron chi connectivity index (χ3n) is 3.39. The van der Waals surface area contributed by atoms with Crippen molar-refractivity contribution in [3.8, 4) is 0 Å². The van der Waals surface area contributed by atoms with Gasteiger partial charge in [-0.25, -0.2) is 0 Å². The summed E-state index contributed by atoms with van der Waals surface area (Å²) in [5.41, 5.74) is 3.20. The van der Waals surface area contributed by atoms with Crippen molar-refractivity contribution in [3.05, 3.63) is 46.0 Å². The van der Waals surface area contributed by atoms with Gasteiger partial charge in [-0.1, -0.05) is 28.8 Å². The SMILES string of the molecule is Cc1nnsc1C(=O)NC[C@H]1Cc2ccccc2CO1. The molecule has 1 aromatic heterocycles. The summed E-state index contributed by atoms with van der Waals surface area (Å²) in [5.74, 6) is -0.125. The predicted octanol–water partition coefficient (Wildman–Crippen LogP) is 1.72. The molecule has 6 heteroatoms. The zero-order valence-electron chi connectivity index (χ0n) is 11.1. The van der Waals surface area contributed by atoms with Crippen LogP contribution < -0.4 is 5.32 Å². The smallest absolute Gasteiger partial charge is 0.265 e. The lowest BCUT2D eigenvalue weighted by Gasteiger charge is -2.25. The molecule has 1 atom stereocenters. The third-order valence-corrected chi connectivity index (χ3v) is 4.22. The quantitative estimate of drug-likeness (QED) is 0.934. The maximum atomic E-state index is 12.0. The lowest BCUT2D eigenvalue weighted by atomic mass is 9.99. The summed E-state index contributed by atoms with van der Waals surface area (Å²) >= 11 is 1.12. The molecule has 0 bridgehead atoms. The van der Waals surface area contributed by atoms with Gasteiger partial charge in [0.1, 0.15) is 4.88 Å². The van der Waals surface area contributed by atoms with Crippen molar-refractivity contribution in [1.29, 1.82) is 0 Å². The van der Waals surface area contributed by atoms with Crippen molar-refractivity contribution >= 4 is 17.4 Å². The highest BCUT2D eigenvalue weighted by atomic mass is 32.1. The Morgan fingerprint density at radius 3 is 3.00 bits per heavy atom. The Morgan fingerprint density at radius 1 is 1.45 bits per heavy atom. The van der Waals surface area contributed by atoms with Crippen LogP contribution in [0.15, 0.2) is 24.3 Å². The molecule has 0 spiro atoms.